The van der Waals surface area contributed by atoms with Crippen molar-refractivity contribution in [3.8, 4) is 11.4 Å². The summed E-state index contributed by atoms with van der Waals surface area (Å²) in [5.41, 5.74) is 2.49. The second-order valence-corrected chi connectivity index (χ2v) is 7.54. The quantitative estimate of drug-likeness (QED) is 0.512. The summed E-state index contributed by atoms with van der Waals surface area (Å²) < 4.78 is 30.8. The number of hydrogen-bond acceptors (Lipinski definition) is 4. The van der Waals surface area contributed by atoms with Gasteiger partial charge in [-0.3, -0.25) is 14.5 Å². The summed E-state index contributed by atoms with van der Waals surface area (Å²) in [5, 5.41) is 0. The van der Waals surface area contributed by atoms with E-state index in [0.717, 1.165) is 23.4 Å². The average molecular weight is 417 g/mol. The minimum Gasteiger partial charge on any atom is -0.435 e. The van der Waals surface area contributed by atoms with Crippen LogP contribution < -0.4 is 4.74 Å². The van der Waals surface area contributed by atoms with Gasteiger partial charge in [-0.1, -0.05) is 0 Å². The molecule has 0 spiro atoms. The Balaban J connectivity index is 1.53. The molecule has 1 aliphatic heterocycles. The van der Waals surface area contributed by atoms with Crippen molar-refractivity contribution in [2.24, 2.45) is 0 Å². The van der Waals surface area contributed by atoms with Crippen LogP contribution in [0.25, 0.3) is 5.69 Å². The summed E-state index contributed by atoms with van der Waals surface area (Å²) in [6.07, 6.45) is 1.78. The third-order valence-corrected chi connectivity index (χ3v) is 5.42. The number of benzene rings is 1. The third kappa shape index (κ3) is 3.67. The van der Waals surface area contributed by atoms with Crippen LogP contribution in [0.2, 0.25) is 0 Å². The van der Waals surface area contributed by atoms with Gasteiger partial charge in [0.25, 0.3) is 5.91 Å². The van der Waals surface area contributed by atoms with Crippen LogP contribution in [0.5, 0.6) is 5.75 Å². The van der Waals surface area contributed by atoms with Gasteiger partial charge >= 0.3 is 12.6 Å². The molecule has 9 heteroatoms. The van der Waals surface area contributed by atoms with Gasteiger partial charge in [0.2, 0.25) is 0 Å². The molecule has 2 aromatic rings. The van der Waals surface area contributed by atoms with E-state index in [1.807, 2.05) is 11.5 Å². The fourth-order valence-corrected chi connectivity index (χ4v) is 3.84. The fourth-order valence-electron chi connectivity index (χ4n) is 3.84. The monoisotopic (exact) mass is 417 g/mol. The number of halogens is 2. The van der Waals surface area contributed by atoms with E-state index in [1.54, 1.807) is 25.1 Å². The number of amides is 3. The van der Waals surface area contributed by atoms with Gasteiger partial charge in [0.15, 0.2) is 5.78 Å². The van der Waals surface area contributed by atoms with Crippen molar-refractivity contribution in [3.63, 3.8) is 0 Å². The summed E-state index contributed by atoms with van der Waals surface area (Å²) in [4.78, 5) is 40.1. The highest BCUT2D eigenvalue weighted by Crippen LogP contribution is 2.30. The smallest absolute Gasteiger partial charge is 0.387 e. The number of hydrogen-bond donors (Lipinski definition) is 0. The lowest BCUT2D eigenvalue weighted by Gasteiger charge is -2.16. The number of Topliss-reactive ketones (excluding diaryl/α,β-unsaturated/α-hetero) is 1. The molecule has 30 heavy (non-hydrogen) atoms. The molecule has 4 rings (SSSR count). The normalized spacial score (nSPS) is 16.7. The van der Waals surface area contributed by atoms with Crippen LogP contribution >= 0.6 is 0 Å². The zero-order valence-electron chi connectivity index (χ0n) is 16.6. The van der Waals surface area contributed by atoms with E-state index in [9.17, 15) is 23.2 Å². The van der Waals surface area contributed by atoms with Gasteiger partial charge in [-0.15, -0.1) is 0 Å². The molecule has 0 atom stereocenters. The summed E-state index contributed by atoms with van der Waals surface area (Å²) in [6.45, 7) is 0.402. The predicted octanol–water partition coefficient (Wildman–Crippen LogP) is 3.30. The first kappa shape index (κ1) is 20.1. The maximum Gasteiger partial charge on any atom is 0.387 e. The summed E-state index contributed by atoms with van der Waals surface area (Å²) in [5.74, 6) is -0.645. The Morgan fingerprint density at radius 3 is 2.43 bits per heavy atom. The lowest BCUT2D eigenvalue weighted by molar-refractivity contribution is -0.125. The third-order valence-electron chi connectivity index (χ3n) is 5.42. The van der Waals surface area contributed by atoms with Gasteiger partial charge < -0.3 is 14.2 Å². The Kier molecular flexibility index (Phi) is 5.05. The molecule has 1 saturated heterocycles. The number of carbonyl (C=O) groups excluding carboxylic acids is 3. The van der Waals surface area contributed by atoms with Gasteiger partial charge in [0.05, 0.1) is 6.54 Å². The maximum atomic E-state index is 12.9. The van der Waals surface area contributed by atoms with E-state index < -0.39 is 12.6 Å². The Morgan fingerprint density at radius 2 is 1.83 bits per heavy atom. The summed E-state index contributed by atoms with van der Waals surface area (Å²) >= 11 is 0. The molecule has 0 N–H and O–H groups in total. The van der Waals surface area contributed by atoms with E-state index in [-0.39, 0.29) is 36.6 Å². The number of carbonyl (C=O) groups is 3. The summed E-state index contributed by atoms with van der Waals surface area (Å²) in [7, 11) is 0. The maximum absolute atomic E-state index is 12.9. The van der Waals surface area contributed by atoms with Gasteiger partial charge in [-0.2, -0.15) is 8.78 Å². The van der Waals surface area contributed by atoms with E-state index in [2.05, 4.69) is 4.74 Å². The highest BCUT2D eigenvalue weighted by molar-refractivity contribution is 6.08. The number of aryl methyl sites for hydroxylation is 1. The average Bonchev–Trinajstić information content (AvgIpc) is 3.43. The van der Waals surface area contributed by atoms with Crippen LogP contribution in [0.15, 0.2) is 30.3 Å². The van der Waals surface area contributed by atoms with Crippen LogP contribution in [-0.4, -0.2) is 57.8 Å². The molecule has 158 valence electrons. The van der Waals surface area contributed by atoms with E-state index in [0.29, 0.717) is 16.9 Å². The highest BCUT2D eigenvalue weighted by Gasteiger charge is 2.44. The van der Waals surface area contributed by atoms with Crippen LogP contribution in [0.3, 0.4) is 0 Å². The second kappa shape index (κ2) is 7.55. The molecule has 1 aliphatic carbocycles. The largest absolute Gasteiger partial charge is 0.435 e. The number of alkyl halides is 2. The van der Waals surface area contributed by atoms with Crippen LogP contribution in [0.1, 0.15) is 34.6 Å². The number of imide groups is 1. The second-order valence-electron chi connectivity index (χ2n) is 7.54. The first-order valence-electron chi connectivity index (χ1n) is 9.64. The van der Waals surface area contributed by atoms with Gasteiger partial charge in [0, 0.05) is 28.7 Å². The van der Waals surface area contributed by atoms with Crippen LogP contribution in [0.4, 0.5) is 13.6 Å². The molecule has 0 bridgehead atoms. The molecule has 0 unspecified atom stereocenters. The van der Waals surface area contributed by atoms with Crippen molar-refractivity contribution in [3.05, 3.63) is 47.3 Å². The molecular formula is C21H21F2N3O4. The molecule has 1 aromatic heterocycles. The number of rotatable bonds is 7. The van der Waals surface area contributed by atoms with E-state index in [1.165, 1.54) is 17.0 Å². The van der Waals surface area contributed by atoms with Crippen molar-refractivity contribution in [1.82, 2.24) is 14.4 Å². The Bertz CT molecular complexity index is 1010. The molecule has 0 radical (unpaired) electrons. The Morgan fingerprint density at radius 1 is 1.17 bits per heavy atom. The zero-order chi connectivity index (χ0) is 21.6. The number of nitrogens with zero attached hydrogens (tertiary/aromatic N) is 3. The molecule has 2 heterocycles. The molecule has 1 saturated carbocycles. The number of ketones is 1. The van der Waals surface area contributed by atoms with Crippen molar-refractivity contribution >= 4 is 17.7 Å². The molecule has 2 aliphatic rings. The fraction of sp³-hybridized carbons (Fsp3) is 0.381. The lowest BCUT2D eigenvalue weighted by atomic mass is 10.1. The van der Waals surface area contributed by atoms with Crippen molar-refractivity contribution in [2.75, 3.05) is 13.1 Å². The van der Waals surface area contributed by atoms with E-state index in [4.69, 9.17) is 0 Å². The Hall–Kier alpha value is -3.23. The highest BCUT2D eigenvalue weighted by atomic mass is 19.3. The lowest BCUT2D eigenvalue weighted by Crippen LogP contribution is -2.37. The minimum atomic E-state index is -2.90. The van der Waals surface area contributed by atoms with Crippen LogP contribution in [0, 0.1) is 13.8 Å². The first-order chi connectivity index (χ1) is 14.3. The molecule has 7 nitrogen and oxygen atoms in total. The Labute approximate surface area is 171 Å². The first-order valence-corrected chi connectivity index (χ1v) is 9.64. The predicted molar refractivity (Wildman–Crippen MR) is 103 cm³/mol. The van der Waals surface area contributed by atoms with Crippen molar-refractivity contribution < 1.29 is 27.9 Å². The van der Waals surface area contributed by atoms with Crippen LogP contribution in [-0.2, 0) is 4.79 Å². The molecule has 2 fully saturated rings. The zero-order valence-corrected chi connectivity index (χ0v) is 16.6. The molecule has 1 aromatic carbocycles. The van der Waals surface area contributed by atoms with Crippen molar-refractivity contribution in [2.45, 2.75) is 39.3 Å². The number of ether oxygens (including phenoxy) is 1. The van der Waals surface area contributed by atoms with Gasteiger partial charge in [-0.25, -0.2) is 4.79 Å². The van der Waals surface area contributed by atoms with Gasteiger partial charge in [-0.05, 0) is 57.0 Å². The molecular weight excluding hydrogens is 396 g/mol. The molecule has 3 amide bonds. The van der Waals surface area contributed by atoms with Crippen molar-refractivity contribution in [1.29, 1.82) is 0 Å². The number of urea groups is 1. The standard InChI is InChI=1S/C21H21F2N3O4/c1-12-9-17(13(2)26(12)15-5-7-16(8-6-15)30-20(22)23)18(27)10-25-19(28)11-24(21(25)29)14-3-4-14/h5-9,14,20H,3-4,10-11H2,1-2H3. The topological polar surface area (TPSA) is 71.9 Å². The van der Waals surface area contributed by atoms with Gasteiger partial charge in [0.1, 0.15) is 12.3 Å². The van der Waals surface area contributed by atoms with E-state index >= 15 is 0 Å². The minimum absolute atomic E-state index is 0.0306. The summed E-state index contributed by atoms with van der Waals surface area (Å²) in [6, 6.07) is 7.50. The SMILES string of the molecule is Cc1cc(C(=O)CN2C(=O)CN(C3CC3)C2=O)c(C)n1-c1ccc(OC(F)F)cc1. The number of aromatic nitrogens is 1.